The lowest BCUT2D eigenvalue weighted by Gasteiger charge is -2.28. The standard InChI is InChI=1S/C24H27IN4O4/c1-2-17-13-16(14-20(25)22(17)30)15-21(24(32)27-8-7-26)28-23(31)18-3-5-19(6-4-18)29-9-11-33-12-10-29/h3-6,13-14,21,30H,2,8-12,15H2,1H3,(H,27,32)(H,28,31). The first-order valence-electron chi connectivity index (χ1n) is 10.8. The summed E-state index contributed by atoms with van der Waals surface area (Å²) in [7, 11) is 0. The number of carbonyl (C=O) groups excluding carboxylic acids is 2. The Bertz CT molecular complexity index is 1030. The third-order valence-corrected chi connectivity index (χ3v) is 6.31. The van der Waals surface area contributed by atoms with Gasteiger partial charge in [-0.05, 0) is 70.5 Å². The Morgan fingerprint density at radius 2 is 1.94 bits per heavy atom. The number of rotatable bonds is 8. The van der Waals surface area contributed by atoms with Crippen LogP contribution in [0, 0.1) is 14.9 Å². The first-order valence-corrected chi connectivity index (χ1v) is 11.9. The number of hydrogen-bond acceptors (Lipinski definition) is 6. The number of nitrogens with zero attached hydrogens (tertiary/aromatic N) is 2. The summed E-state index contributed by atoms with van der Waals surface area (Å²) in [5.41, 5.74) is 3.05. The van der Waals surface area contributed by atoms with Crippen molar-refractivity contribution in [2.45, 2.75) is 25.8 Å². The van der Waals surface area contributed by atoms with Crippen LogP contribution in [0.25, 0.3) is 0 Å². The Balaban J connectivity index is 1.75. The highest BCUT2D eigenvalue weighted by molar-refractivity contribution is 14.1. The van der Waals surface area contributed by atoms with Crippen molar-refractivity contribution in [3.63, 3.8) is 0 Å². The molecule has 3 rings (SSSR count). The van der Waals surface area contributed by atoms with E-state index < -0.39 is 11.9 Å². The third kappa shape index (κ3) is 6.58. The Morgan fingerprint density at radius 3 is 2.58 bits per heavy atom. The van der Waals surface area contributed by atoms with Crippen LogP contribution in [0.3, 0.4) is 0 Å². The van der Waals surface area contributed by atoms with E-state index in [0.29, 0.717) is 28.8 Å². The van der Waals surface area contributed by atoms with Gasteiger partial charge in [-0.1, -0.05) is 13.0 Å². The highest BCUT2D eigenvalue weighted by Crippen LogP contribution is 2.27. The van der Waals surface area contributed by atoms with Gasteiger partial charge < -0.3 is 25.4 Å². The van der Waals surface area contributed by atoms with Crippen molar-refractivity contribution in [2.75, 3.05) is 37.7 Å². The van der Waals surface area contributed by atoms with E-state index in [0.717, 1.165) is 29.9 Å². The van der Waals surface area contributed by atoms with Gasteiger partial charge in [-0.3, -0.25) is 9.59 Å². The van der Waals surface area contributed by atoms with Crippen molar-refractivity contribution in [3.8, 4) is 11.8 Å². The molecule has 9 heteroatoms. The van der Waals surface area contributed by atoms with Crippen LogP contribution in [0.1, 0.15) is 28.4 Å². The predicted octanol–water partition coefficient (Wildman–Crippen LogP) is 2.38. The van der Waals surface area contributed by atoms with Gasteiger partial charge in [0.2, 0.25) is 5.91 Å². The summed E-state index contributed by atoms with van der Waals surface area (Å²) in [6.07, 6.45) is 0.876. The molecule has 1 saturated heterocycles. The number of benzene rings is 2. The van der Waals surface area contributed by atoms with Crippen molar-refractivity contribution in [2.24, 2.45) is 0 Å². The second-order valence-electron chi connectivity index (χ2n) is 7.69. The molecular weight excluding hydrogens is 535 g/mol. The molecule has 0 bridgehead atoms. The van der Waals surface area contributed by atoms with Gasteiger partial charge in [0.1, 0.15) is 18.3 Å². The van der Waals surface area contributed by atoms with E-state index in [-0.39, 0.29) is 24.6 Å². The number of carbonyl (C=O) groups is 2. The summed E-state index contributed by atoms with van der Waals surface area (Å²) in [6.45, 7) is 4.76. The van der Waals surface area contributed by atoms with Crippen molar-refractivity contribution in [1.82, 2.24) is 10.6 Å². The second-order valence-corrected chi connectivity index (χ2v) is 8.85. The summed E-state index contributed by atoms with van der Waals surface area (Å²) in [5, 5.41) is 24.3. The molecule has 1 unspecified atom stereocenters. The molecule has 8 nitrogen and oxygen atoms in total. The molecule has 2 amide bonds. The zero-order valence-electron chi connectivity index (χ0n) is 18.4. The van der Waals surface area contributed by atoms with Crippen molar-refractivity contribution >= 4 is 40.1 Å². The van der Waals surface area contributed by atoms with Crippen LogP contribution in [0.2, 0.25) is 0 Å². The van der Waals surface area contributed by atoms with Gasteiger partial charge in [0, 0.05) is 30.8 Å². The molecule has 2 aromatic carbocycles. The minimum absolute atomic E-state index is 0.146. The summed E-state index contributed by atoms with van der Waals surface area (Å²) < 4.78 is 6.06. The first kappa shape index (κ1) is 24.8. The molecule has 2 aromatic rings. The quantitative estimate of drug-likeness (QED) is 0.337. The maximum absolute atomic E-state index is 12.9. The minimum atomic E-state index is -0.866. The van der Waals surface area contributed by atoms with Gasteiger partial charge in [-0.2, -0.15) is 5.26 Å². The van der Waals surface area contributed by atoms with Gasteiger partial charge >= 0.3 is 0 Å². The number of phenolic OH excluding ortho intramolecular Hbond substituents is 1. The molecule has 0 spiro atoms. The fraction of sp³-hybridized carbons (Fsp3) is 0.375. The molecule has 0 saturated carbocycles. The SMILES string of the molecule is CCc1cc(CC(NC(=O)c2ccc(N3CCOCC3)cc2)C(=O)NCC#N)cc(I)c1O. The second kappa shape index (κ2) is 11.9. The monoisotopic (exact) mass is 562 g/mol. The molecule has 0 radical (unpaired) electrons. The van der Waals surface area contributed by atoms with Crippen LogP contribution in [0.4, 0.5) is 5.69 Å². The van der Waals surface area contributed by atoms with Crippen molar-refractivity contribution in [3.05, 3.63) is 56.7 Å². The minimum Gasteiger partial charge on any atom is -0.507 e. The Hall–Kier alpha value is -2.84. The maximum atomic E-state index is 12.9. The lowest BCUT2D eigenvalue weighted by molar-refractivity contribution is -0.122. The number of anilines is 1. The van der Waals surface area contributed by atoms with Gasteiger partial charge in [0.15, 0.2) is 0 Å². The van der Waals surface area contributed by atoms with Gasteiger partial charge in [0.05, 0.1) is 22.9 Å². The molecule has 0 aromatic heterocycles. The van der Waals surface area contributed by atoms with Gasteiger partial charge in [-0.25, -0.2) is 0 Å². The number of aryl methyl sites for hydroxylation is 1. The summed E-state index contributed by atoms with van der Waals surface area (Å²) in [6, 6.07) is 11.9. The number of aromatic hydroxyl groups is 1. The summed E-state index contributed by atoms with van der Waals surface area (Å²) in [5.74, 6) is -0.572. The number of phenols is 1. The largest absolute Gasteiger partial charge is 0.507 e. The Kier molecular flexibility index (Phi) is 8.91. The molecule has 0 aliphatic carbocycles. The average molecular weight is 562 g/mol. The number of amides is 2. The smallest absolute Gasteiger partial charge is 0.251 e. The van der Waals surface area contributed by atoms with E-state index in [1.54, 1.807) is 18.2 Å². The molecule has 174 valence electrons. The van der Waals surface area contributed by atoms with Crippen LogP contribution >= 0.6 is 22.6 Å². The normalized spacial score (nSPS) is 14.3. The maximum Gasteiger partial charge on any atom is 0.251 e. The number of ether oxygens (including phenoxy) is 1. The molecule has 33 heavy (non-hydrogen) atoms. The van der Waals surface area contributed by atoms with E-state index in [1.165, 1.54) is 0 Å². The topological polar surface area (TPSA) is 115 Å². The molecule has 1 aliphatic heterocycles. The molecule has 1 atom stereocenters. The number of nitrogens with one attached hydrogen (secondary N) is 2. The molecule has 1 aliphatic rings. The van der Waals surface area contributed by atoms with E-state index in [1.807, 2.05) is 53.8 Å². The highest BCUT2D eigenvalue weighted by atomic mass is 127. The summed E-state index contributed by atoms with van der Waals surface area (Å²) in [4.78, 5) is 27.8. The van der Waals surface area contributed by atoms with Crippen LogP contribution in [0.5, 0.6) is 5.75 Å². The number of halogens is 1. The molecular formula is C24H27IN4O4. The first-order chi connectivity index (χ1) is 15.9. The average Bonchev–Trinajstić information content (AvgIpc) is 2.84. The van der Waals surface area contributed by atoms with E-state index in [2.05, 4.69) is 15.5 Å². The molecule has 1 heterocycles. The highest BCUT2D eigenvalue weighted by Gasteiger charge is 2.23. The van der Waals surface area contributed by atoms with E-state index in [9.17, 15) is 14.7 Å². The van der Waals surface area contributed by atoms with Crippen molar-refractivity contribution in [1.29, 1.82) is 5.26 Å². The predicted molar refractivity (Wildman–Crippen MR) is 133 cm³/mol. The van der Waals surface area contributed by atoms with Crippen LogP contribution in [0.15, 0.2) is 36.4 Å². The lowest BCUT2D eigenvalue weighted by atomic mass is 10.0. The Labute approximate surface area is 207 Å². The summed E-state index contributed by atoms with van der Waals surface area (Å²) >= 11 is 2.05. The molecule has 3 N–H and O–H groups in total. The van der Waals surface area contributed by atoms with E-state index >= 15 is 0 Å². The van der Waals surface area contributed by atoms with Crippen LogP contribution in [-0.2, 0) is 22.4 Å². The van der Waals surface area contributed by atoms with Crippen molar-refractivity contribution < 1.29 is 19.4 Å². The number of morpholine rings is 1. The van der Waals surface area contributed by atoms with Crippen LogP contribution in [-0.4, -0.2) is 55.8 Å². The fourth-order valence-corrected chi connectivity index (χ4v) is 4.43. The third-order valence-electron chi connectivity index (χ3n) is 5.49. The van der Waals surface area contributed by atoms with Crippen LogP contribution < -0.4 is 15.5 Å². The van der Waals surface area contributed by atoms with E-state index in [4.69, 9.17) is 10.00 Å². The number of nitriles is 1. The zero-order chi connectivity index (χ0) is 23.8. The fourth-order valence-electron chi connectivity index (χ4n) is 3.69. The lowest BCUT2D eigenvalue weighted by Crippen LogP contribution is -2.48. The van der Waals surface area contributed by atoms with Gasteiger partial charge in [0.25, 0.3) is 5.91 Å². The molecule has 1 fully saturated rings. The van der Waals surface area contributed by atoms with Gasteiger partial charge in [-0.15, -0.1) is 0 Å². The zero-order valence-corrected chi connectivity index (χ0v) is 20.6. The number of hydrogen-bond donors (Lipinski definition) is 3. The Morgan fingerprint density at radius 1 is 1.24 bits per heavy atom.